The van der Waals surface area contributed by atoms with Gasteiger partial charge in [0.15, 0.2) is 0 Å². The molecule has 122 valence electrons. The molecule has 1 aliphatic heterocycles. The standard InChI is InChI=1S/C15H21BrN2O3S/c1-11-4-5-15(14(16)10-11)22(20,21)18-8-6-13(7-9-18)17(3)12(2)19/h4-5,10,13H,6-9H2,1-3H3. The number of carbonyl (C=O) groups excluding carboxylic acids is 1. The van der Waals surface area contributed by atoms with E-state index in [1.54, 1.807) is 24.1 Å². The molecule has 0 atom stereocenters. The molecule has 22 heavy (non-hydrogen) atoms. The Morgan fingerprint density at radius 2 is 1.91 bits per heavy atom. The second-order valence-corrected chi connectivity index (χ2v) is 8.46. The minimum Gasteiger partial charge on any atom is -0.343 e. The molecule has 7 heteroatoms. The summed E-state index contributed by atoms with van der Waals surface area (Å²) in [6.07, 6.45) is 1.33. The first kappa shape index (κ1) is 17.4. The summed E-state index contributed by atoms with van der Waals surface area (Å²) in [5.41, 5.74) is 1.01. The molecule has 0 aromatic heterocycles. The zero-order valence-electron chi connectivity index (χ0n) is 13.0. The Labute approximate surface area is 140 Å². The van der Waals surface area contributed by atoms with Gasteiger partial charge in [-0.2, -0.15) is 4.31 Å². The lowest BCUT2D eigenvalue weighted by Crippen LogP contribution is -2.46. The second-order valence-electron chi connectivity index (χ2n) is 5.70. The molecule has 1 aliphatic rings. The van der Waals surface area contributed by atoms with Crippen LogP contribution in [0.3, 0.4) is 0 Å². The highest BCUT2D eigenvalue weighted by Gasteiger charge is 2.32. The Balaban J connectivity index is 2.14. The fourth-order valence-electron chi connectivity index (χ4n) is 2.68. The fourth-order valence-corrected chi connectivity index (χ4v) is 5.30. The maximum atomic E-state index is 12.7. The number of rotatable bonds is 3. The van der Waals surface area contributed by atoms with Crippen molar-refractivity contribution in [3.63, 3.8) is 0 Å². The van der Waals surface area contributed by atoms with Gasteiger partial charge in [-0.3, -0.25) is 4.79 Å². The quantitative estimate of drug-likeness (QED) is 0.798. The lowest BCUT2D eigenvalue weighted by molar-refractivity contribution is -0.130. The van der Waals surface area contributed by atoms with Crippen molar-refractivity contribution in [3.05, 3.63) is 28.2 Å². The van der Waals surface area contributed by atoms with E-state index in [-0.39, 0.29) is 11.9 Å². The average molecular weight is 389 g/mol. The van der Waals surface area contributed by atoms with Gasteiger partial charge in [-0.1, -0.05) is 6.07 Å². The van der Waals surface area contributed by atoms with E-state index < -0.39 is 10.0 Å². The summed E-state index contributed by atoms with van der Waals surface area (Å²) in [5.74, 6) is 0.0163. The van der Waals surface area contributed by atoms with Crippen molar-refractivity contribution in [2.45, 2.75) is 37.6 Å². The number of nitrogens with zero attached hydrogens (tertiary/aromatic N) is 2. The molecule has 1 aromatic carbocycles. The number of aryl methyl sites for hydroxylation is 1. The zero-order chi connectivity index (χ0) is 16.5. The van der Waals surface area contributed by atoms with E-state index in [9.17, 15) is 13.2 Å². The van der Waals surface area contributed by atoms with Crippen LogP contribution in [-0.2, 0) is 14.8 Å². The third kappa shape index (κ3) is 3.52. The molecule has 1 amide bonds. The number of sulfonamides is 1. The van der Waals surface area contributed by atoms with Gasteiger partial charge in [0.1, 0.15) is 0 Å². The first-order valence-corrected chi connectivity index (χ1v) is 9.46. The van der Waals surface area contributed by atoms with Crippen molar-refractivity contribution in [2.75, 3.05) is 20.1 Å². The average Bonchev–Trinajstić information content (AvgIpc) is 2.46. The molecule has 0 aliphatic carbocycles. The number of carbonyl (C=O) groups is 1. The van der Waals surface area contributed by atoms with E-state index >= 15 is 0 Å². The lowest BCUT2D eigenvalue weighted by atomic mass is 10.1. The van der Waals surface area contributed by atoms with Crippen LogP contribution < -0.4 is 0 Å². The van der Waals surface area contributed by atoms with E-state index in [0.29, 0.717) is 35.3 Å². The molecular weight excluding hydrogens is 368 g/mol. The Hall–Kier alpha value is -0.920. The van der Waals surface area contributed by atoms with Gasteiger partial charge >= 0.3 is 0 Å². The molecule has 0 N–H and O–H groups in total. The molecule has 0 saturated carbocycles. The third-order valence-corrected chi connectivity index (χ3v) is 7.05. The highest BCUT2D eigenvalue weighted by molar-refractivity contribution is 9.10. The second kappa shape index (κ2) is 6.68. The van der Waals surface area contributed by atoms with E-state index in [0.717, 1.165) is 5.56 Å². The monoisotopic (exact) mass is 388 g/mol. The minimum absolute atomic E-state index is 0.0163. The molecule has 1 fully saturated rings. The Bertz CT molecular complexity index is 667. The van der Waals surface area contributed by atoms with Gasteiger partial charge < -0.3 is 4.90 Å². The molecule has 0 bridgehead atoms. The smallest absolute Gasteiger partial charge is 0.244 e. The Morgan fingerprint density at radius 1 is 1.32 bits per heavy atom. The van der Waals surface area contributed by atoms with Crippen LogP contribution in [0.4, 0.5) is 0 Å². The summed E-state index contributed by atoms with van der Waals surface area (Å²) in [6, 6.07) is 5.37. The van der Waals surface area contributed by atoms with E-state index in [1.165, 1.54) is 11.2 Å². The predicted octanol–water partition coefficient (Wildman–Crippen LogP) is 2.39. The number of amides is 1. The largest absolute Gasteiger partial charge is 0.343 e. The van der Waals surface area contributed by atoms with Crippen molar-refractivity contribution in [1.29, 1.82) is 0 Å². The van der Waals surface area contributed by atoms with Crippen molar-refractivity contribution in [2.24, 2.45) is 0 Å². The van der Waals surface area contributed by atoms with Crippen molar-refractivity contribution in [1.82, 2.24) is 9.21 Å². The maximum absolute atomic E-state index is 12.7. The van der Waals surface area contributed by atoms with Crippen molar-refractivity contribution < 1.29 is 13.2 Å². The molecule has 0 spiro atoms. The Morgan fingerprint density at radius 3 is 2.41 bits per heavy atom. The van der Waals surface area contributed by atoms with Crippen LogP contribution in [0, 0.1) is 6.92 Å². The summed E-state index contributed by atoms with van der Waals surface area (Å²) in [4.78, 5) is 13.4. The van der Waals surface area contributed by atoms with E-state index in [2.05, 4.69) is 15.9 Å². The van der Waals surface area contributed by atoms with Gasteiger partial charge in [0.25, 0.3) is 0 Å². The van der Waals surface area contributed by atoms with Gasteiger partial charge in [-0.05, 0) is 53.4 Å². The van der Waals surface area contributed by atoms with Gasteiger partial charge in [-0.25, -0.2) is 8.42 Å². The Kier molecular flexibility index (Phi) is 5.29. The van der Waals surface area contributed by atoms with Crippen LogP contribution in [0.2, 0.25) is 0 Å². The van der Waals surface area contributed by atoms with Gasteiger partial charge in [0.2, 0.25) is 15.9 Å². The first-order valence-electron chi connectivity index (χ1n) is 7.23. The summed E-state index contributed by atoms with van der Waals surface area (Å²) in [7, 11) is -1.72. The molecule has 1 heterocycles. The van der Waals surface area contributed by atoms with Gasteiger partial charge in [0, 0.05) is 37.6 Å². The number of hydrogen-bond donors (Lipinski definition) is 0. The number of halogens is 1. The molecular formula is C15H21BrN2O3S. The summed E-state index contributed by atoms with van der Waals surface area (Å²) < 4.78 is 27.6. The summed E-state index contributed by atoms with van der Waals surface area (Å²) >= 11 is 3.34. The number of hydrogen-bond acceptors (Lipinski definition) is 3. The highest BCUT2D eigenvalue weighted by Crippen LogP contribution is 2.28. The normalized spacial score (nSPS) is 17.5. The van der Waals surface area contributed by atoms with E-state index in [1.807, 2.05) is 13.0 Å². The van der Waals surface area contributed by atoms with Crippen LogP contribution in [-0.4, -0.2) is 49.7 Å². The van der Waals surface area contributed by atoms with Crippen molar-refractivity contribution >= 4 is 31.9 Å². The highest BCUT2D eigenvalue weighted by atomic mass is 79.9. The van der Waals surface area contributed by atoms with Crippen LogP contribution >= 0.6 is 15.9 Å². The molecule has 1 saturated heterocycles. The minimum atomic E-state index is -3.50. The molecule has 5 nitrogen and oxygen atoms in total. The molecule has 0 unspecified atom stereocenters. The van der Waals surface area contributed by atoms with Crippen LogP contribution in [0.5, 0.6) is 0 Å². The molecule has 0 radical (unpaired) electrons. The molecule has 1 aromatic rings. The fraction of sp³-hybridized carbons (Fsp3) is 0.533. The summed E-state index contributed by atoms with van der Waals surface area (Å²) in [6.45, 7) is 4.33. The topological polar surface area (TPSA) is 57.7 Å². The van der Waals surface area contributed by atoms with Crippen LogP contribution in [0.1, 0.15) is 25.3 Å². The summed E-state index contributed by atoms with van der Waals surface area (Å²) in [5, 5.41) is 0. The maximum Gasteiger partial charge on any atom is 0.244 e. The molecule has 2 rings (SSSR count). The number of piperidine rings is 1. The van der Waals surface area contributed by atoms with Crippen molar-refractivity contribution in [3.8, 4) is 0 Å². The van der Waals surface area contributed by atoms with Gasteiger partial charge in [0.05, 0.1) is 4.90 Å². The van der Waals surface area contributed by atoms with Crippen LogP contribution in [0.25, 0.3) is 0 Å². The van der Waals surface area contributed by atoms with Crippen LogP contribution in [0.15, 0.2) is 27.6 Å². The number of benzene rings is 1. The SMILES string of the molecule is CC(=O)N(C)C1CCN(S(=O)(=O)c2ccc(C)cc2Br)CC1. The van der Waals surface area contributed by atoms with E-state index in [4.69, 9.17) is 0 Å². The first-order chi connectivity index (χ1) is 10.2. The lowest BCUT2D eigenvalue weighted by Gasteiger charge is -2.35. The third-order valence-electron chi connectivity index (χ3n) is 4.17. The predicted molar refractivity (Wildman–Crippen MR) is 89.1 cm³/mol. The van der Waals surface area contributed by atoms with Gasteiger partial charge in [-0.15, -0.1) is 0 Å². The zero-order valence-corrected chi connectivity index (χ0v) is 15.4.